The Hall–Kier alpha value is -1.95. The molecule has 166 valence electrons. The third-order valence-corrected chi connectivity index (χ3v) is 8.36. The smallest absolute Gasteiger partial charge is 0.230 e. The number of thiazole rings is 1. The number of rotatable bonds is 5. The highest BCUT2D eigenvalue weighted by Crippen LogP contribution is 2.34. The molecule has 0 saturated carbocycles. The minimum atomic E-state index is -3.21. The van der Waals surface area contributed by atoms with Gasteiger partial charge in [0, 0.05) is 42.4 Å². The minimum absolute atomic E-state index is 0.0595. The van der Waals surface area contributed by atoms with Crippen LogP contribution < -0.4 is 5.32 Å². The second kappa shape index (κ2) is 9.27. The van der Waals surface area contributed by atoms with Gasteiger partial charge < -0.3 is 10.2 Å². The van der Waals surface area contributed by atoms with Gasteiger partial charge in [-0.05, 0) is 43.2 Å². The van der Waals surface area contributed by atoms with Gasteiger partial charge in [0.05, 0.1) is 17.0 Å². The second-order valence-electron chi connectivity index (χ2n) is 7.47. The lowest BCUT2D eigenvalue weighted by molar-refractivity contribution is -0.133. The molecule has 3 heterocycles. The van der Waals surface area contributed by atoms with Crippen LogP contribution in [-0.2, 0) is 14.8 Å². The predicted octanol–water partition coefficient (Wildman–Crippen LogP) is 3.57. The monoisotopic (exact) mass is 482 g/mol. The summed E-state index contributed by atoms with van der Waals surface area (Å²) in [6, 6.07) is 6.07. The summed E-state index contributed by atoms with van der Waals surface area (Å²) in [5, 5.41) is 6.61. The molecule has 2 aliphatic heterocycles. The Kier molecular flexibility index (Phi) is 6.65. The lowest BCUT2D eigenvalue weighted by Crippen LogP contribution is -2.43. The number of halogens is 1. The third-order valence-electron chi connectivity index (χ3n) is 5.26. The van der Waals surface area contributed by atoms with E-state index in [0.29, 0.717) is 37.6 Å². The van der Waals surface area contributed by atoms with Crippen molar-refractivity contribution >= 4 is 55.9 Å². The van der Waals surface area contributed by atoms with Crippen LogP contribution in [-0.4, -0.2) is 60.2 Å². The quantitative estimate of drug-likeness (QED) is 0.702. The van der Waals surface area contributed by atoms with Crippen LogP contribution in [0, 0.1) is 11.7 Å². The molecule has 1 amide bonds. The second-order valence-corrected chi connectivity index (χ2v) is 11.4. The van der Waals surface area contributed by atoms with E-state index in [9.17, 15) is 17.6 Å². The molecule has 0 atom stereocenters. The van der Waals surface area contributed by atoms with Gasteiger partial charge in [0.15, 0.2) is 5.13 Å². The maximum atomic E-state index is 13.1. The van der Waals surface area contributed by atoms with Crippen LogP contribution in [0.1, 0.15) is 18.5 Å². The fourth-order valence-electron chi connectivity index (χ4n) is 3.62. The number of carbonyl (C=O) groups is 1. The minimum Gasteiger partial charge on any atom is -0.332 e. The van der Waals surface area contributed by atoms with Crippen LogP contribution in [0.15, 0.2) is 34.7 Å². The normalized spacial score (nSPS) is 19.8. The van der Waals surface area contributed by atoms with Gasteiger partial charge in [-0.25, -0.2) is 22.1 Å². The Morgan fingerprint density at radius 1 is 1.23 bits per heavy atom. The molecule has 2 saturated heterocycles. The van der Waals surface area contributed by atoms with Crippen LogP contribution in [0.25, 0.3) is 6.08 Å². The molecule has 7 nitrogen and oxygen atoms in total. The molecule has 0 spiro atoms. The van der Waals surface area contributed by atoms with E-state index in [1.165, 1.54) is 34.0 Å². The predicted molar refractivity (Wildman–Crippen MR) is 123 cm³/mol. The van der Waals surface area contributed by atoms with Gasteiger partial charge in [0.25, 0.3) is 0 Å². The Morgan fingerprint density at radius 3 is 2.61 bits per heavy atom. The van der Waals surface area contributed by atoms with E-state index in [1.807, 2.05) is 11.5 Å². The number of sulfonamides is 1. The summed E-state index contributed by atoms with van der Waals surface area (Å²) < 4.78 is 37.9. The van der Waals surface area contributed by atoms with Gasteiger partial charge in [0.1, 0.15) is 5.82 Å². The molecule has 11 heteroatoms. The zero-order valence-corrected chi connectivity index (χ0v) is 19.4. The Balaban J connectivity index is 1.41. The van der Waals surface area contributed by atoms with Crippen LogP contribution >= 0.6 is 23.1 Å². The molecule has 1 N–H and O–H groups in total. The van der Waals surface area contributed by atoms with Crippen molar-refractivity contribution in [2.75, 3.05) is 37.0 Å². The number of aromatic nitrogens is 1. The summed E-state index contributed by atoms with van der Waals surface area (Å²) in [5.41, 5.74) is 1.51. The zero-order valence-electron chi connectivity index (χ0n) is 17.0. The molecule has 1 aromatic carbocycles. The molecule has 2 aliphatic rings. The van der Waals surface area contributed by atoms with E-state index in [4.69, 9.17) is 0 Å². The van der Waals surface area contributed by atoms with Gasteiger partial charge in [-0.1, -0.05) is 0 Å². The largest absolute Gasteiger partial charge is 0.332 e. The van der Waals surface area contributed by atoms with E-state index in [1.54, 1.807) is 28.8 Å². The number of nitrogens with one attached hydrogen (secondary N) is 1. The fraction of sp³-hybridized carbons (Fsp3) is 0.400. The molecule has 0 aliphatic carbocycles. The van der Waals surface area contributed by atoms with E-state index < -0.39 is 10.0 Å². The number of amides is 1. The molecule has 0 unspecified atom stereocenters. The molecule has 31 heavy (non-hydrogen) atoms. The van der Waals surface area contributed by atoms with E-state index in [2.05, 4.69) is 10.3 Å². The Bertz CT molecular complexity index is 1080. The Morgan fingerprint density at radius 2 is 1.94 bits per heavy atom. The van der Waals surface area contributed by atoms with E-state index in [0.717, 1.165) is 22.2 Å². The lowest BCUT2D eigenvalue weighted by Gasteiger charge is -2.31. The first-order valence-electron chi connectivity index (χ1n) is 9.89. The molecule has 1 aromatic heterocycles. The van der Waals surface area contributed by atoms with Crippen LogP contribution in [0.2, 0.25) is 0 Å². The molecule has 2 aromatic rings. The number of thioether (sulfide) groups is 1. The summed E-state index contributed by atoms with van der Waals surface area (Å²) in [5.74, 6) is 0.431. The molecule has 4 rings (SSSR count). The first-order chi connectivity index (χ1) is 14.8. The molecular formula is C20H23FN4O3S3. The van der Waals surface area contributed by atoms with Gasteiger partial charge in [-0.15, -0.1) is 23.1 Å². The standard InChI is InChI=1S/C20H23FN4O3S3/c1-31(27,28)24-8-6-14(7-9-24)19(26)25-10-11-29-18(25)12-17-13-30-20(23-17)22-16-4-2-15(21)3-5-16/h2-5,12-14H,6-11H2,1H3,(H,22,23)/b18-12+. The fourth-order valence-corrected chi connectivity index (χ4v) is 6.20. The van der Waals surface area contributed by atoms with E-state index in [-0.39, 0.29) is 17.6 Å². The van der Waals surface area contributed by atoms with Crippen molar-refractivity contribution in [1.82, 2.24) is 14.2 Å². The van der Waals surface area contributed by atoms with Gasteiger partial charge in [-0.2, -0.15) is 0 Å². The van der Waals surface area contributed by atoms with Crippen molar-refractivity contribution in [3.05, 3.63) is 46.2 Å². The van der Waals surface area contributed by atoms with Gasteiger partial charge in [0.2, 0.25) is 15.9 Å². The number of piperidine rings is 1. The molecule has 0 bridgehead atoms. The average molecular weight is 483 g/mol. The summed E-state index contributed by atoms with van der Waals surface area (Å²) in [6.07, 6.45) is 4.21. The van der Waals surface area contributed by atoms with Crippen molar-refractivity contribution in [2.45, 2.75) is 12.8 Å². The van der Waals surface area contributed by atoms with Gasteiger partial charge >= 0.3 is 0 Å². The topological polar surface area (TPSA) is 82.6 Å². The van der Waals surface area contributed by atoms with Gasteiger partial charge in [-0.3, -0.25) is 4.79 Å². The van der Waals surface area contributed by atoms with E-state index >= 15 is 0 Å². The highest BCUT2D eigenvalue weighted by molar-refractivity contribution is 8.03. The number of nitrogens with zero attached hydrogens (tertiary/aromatic N) is 3. The number of hydrogen-bond donors (Lipinski definition) is 1. The van der Waals surface area contributed by atoms with Crippen molar-refractivity contribution in [3.8, 4) is 0 Å². The maximum absolute atomic E-state index is 13.1. The molecule has 2 fully saturated rings. The summed E-state index contributed by atoms with van der Waals surface area (Å²) in [4.78, 5) is 19.4. The summed E-state index contributed by atoms with van der Waals surface area (Å²) >= 11 is 3.06. The molecular weight excluding hydrogens is 459 g/mol. The van der Waals surface area contributed by atoms with Crippen LogP contribution in [0.5, 0.6) is 0 Å². The SMILES string of the molecule is CS(=O)(=O)N1CCC(C(=O)N2CCS/C2=C/c2csc(Nc3ccc(F)cc3)n2)CC1. The van der Waals surface area contributed by atoms with Crippen molar-refractivity contribution in [3.63, 3.8) is 0 Å². The van der Waals surface area contributed by atoms with Crippen LogP contribution in [0.3, 0.4) is 0 Å². The van der Waals surface area contributed by atoms with Crippen LogP contribution in [0.4, 0.5) is 15.2 Å². The first-order valence-corrected chi connectivity index (χ1v) is 13.6. The lowest BCUT2D eigenvalue weighted by atomic mass is 9.96. The zero-order chi connectivity index (χ0) is 22.0. The van der Waals surface area contributed by atoms with Crippen molar-refractivity contribution in [1.29, 1.82) is 0 Å². The number of benzene rings is 1. The first kappa shape index (κ1) is 22.3. The maximum Gasteiger partial charge on any atom is 0.230 e. The Labute approximate surface area is 189 Å². The van der Waals surface area contributed by atoms with Crippen molar-refractivity contribution < 1.29 is 17.6 Å². The number of hydrogen-bond acceptors (Lipinski definition) is 7. The summed E-state index contributed by atoms with van der Waals surface area (Å²) in [7, 11) is -3.21. The number of carbonyl (C=O) groups excluding carboxylic acids is 1. The highest BCUT2D eigenvalue weighted by atomic mass is 32.2. The molecule has 0 radical (unpaired) electrons. The van der Waals surface area contributed by atoms with Crippen molar-refractivity contribution in [2.24, 2.45) is 5.92 Å². The highest BCUT2D eigenvalue weighted by Gasteiger charge is 2.34. The third kappa shape index (κ3) is 5.46. The summed E-state index contributed by atoms with van der Waals surface area (Å²) in [6.45, 7) is 1.42. The number of anilines is 2. The average Bonchev–Trinajstić information content (AvgIpc) is 3.38.